The summed E-state index contributed by atoms with van der Waals surface area (Å²) >= 11 is 0. The van der Waals surface area contributed by atoms with Crippen LogP contribution in [0.3, 0.4) is 0 Å². The fraction of sp³-hybridized carbons (Fsp3) is 0.286. The molecule has 0 aliphatic rings. The molecule has 0 unspecified atom stereocenters. The lowest BCUT2D eigenvalue weighted by Crippen LogP contribution is -2.35. The van der Waals surface area contributed by atoms with Crippen molar-refractivity contribution in [3.8, 4) is 5.75 Å². The summed E-state index contributed by atoms with van der Waals surface area (Å²) in [5.41, 5.74) is 0.635. The first-order chi connectivity index (χ1) is 9.41. The van der Waals surface area contributed by atoms with Crippen molar-refractivity contribution in [3.05, 3.63) is 52.4 Å². The molecule has 0 bridgehead atoms. The van der Waals surface area contributed by atoms with Crippen LogP contribution in [0.15, 0.2) is 41.3 Å². The molecule has 6 heteroatoms. The van der Waals surface area contributed by atoms with Crippen molar-refractivity contribution in [2.24, 2.45) is 0 Å². The predicted octanol–water partition coefficient (Wildman–Crippen LogP) is 1.55. The largest absolute Gasteiger partial charge is 0.497 e. The van der Waals surface area contributed by atoms with E-state index in [1.54, 1.807) is 20.4 Å². The summed E-state index contributed by atoms with van der Waals surface area (Å²) in [5.74, 6) is 0.759. The summed E-state index contributed by atoms with van der Waals surface area (Å²) in [6.45, 7) is 3.51. The lowest BCUT2D eigenvalue weighted by Gasteiger charge is -2.10. The minimum atomic E-state index is -2.59. The molecule has 20 heavy (non-hydrogen) atoms. The molecule has 1 aromatic heterocycles. The van der Waals surface area contributed by atoms with Crippen molar-refractivity contribution in [2.45, 2.75) is 6.54 Å². The van der Waals surface area contributed by atoms with Gasteiger partial charge in [-0.15, -0.1) is 0 Å². The molecule has 0 fully saturated rings. The second-order valence-electron chi connectivity index (χ2n) is 4.88. The normalized spacial score (nSPS) is 11.3. The third-order valence-corrected chi connectivity index (χ3v) is 4.46. The van der Waals surface area contributed by atoms with Crippen molar-refractivity contribution in [2.75, 3.05) is 20.4 Å². The van der Waals surface area contributed by atoms with E-state index in [1.807, 2.05) is 24.3 Å². The van der Waals surface area contributed by atoms with Crippen LogP contribution in [0.2, 0.25) is 0 Å². The quantitative estimate of drug-likeness (QED) is 0.802. The monoisotopic (exact) mass is 292 g/mol. The minimum Gasteiger partial charge on any atom is -0.497 e. The van der Waals surface area contributed by atoms with Gasteiger partial charge in [-0.2, -0.15) is 5.10 Å². The zero-order chi connectivity index (χ0) is 14.8. The van der Waals surface area contributed by atoms with Crippen LogP contribution in [0.1, 0.15) is 5.56 Å². The molecule has 0 saturated heterocycles. The number of ether oxygens (including phenoxy) is 1. The molecule has 0 aliphatic carbocycles. The van der Waals surface area contributed by atoms with Gasteiger partial charge in [-0.05, 0) is 37.1 Å². The Bertz CT molecular complexity index is 701. The van der Waals surface area contributed by atoms with E-state index in [0.717, 1.165) is 11.3 Å². The molecule has 1 heterocycles. The number of rotatable bonds is 4. The van der Waals surface area contributed by atoms with Crippen LogP contribution >= 0.6 is 7.14 Å². The van der Waals surface area contributed by atoms with Gasteiger partial charge in [0.1, 0.15) is 12.9 Å². The Hall–Kier alpha value is -1.87. The smallest absolute Gasteiger partial charge is 0.277 e. The fourth-order valence-electron chi connectivity index (χ4n) is 1.87. The first-order valence-corrected chi connectivity index (χ1v) is 8.76. The molecule has 2 aromatic rings. The molecule has 0 atom stereocenters. The molecule has 0 N–H and O–H groups in total. The Morgan fingerprint density at radius 1 is 1.20 bits per heavy atom. The van der Waals surface area contributed by atoms with E-state index in [-0.39, 0.29) is 5.56 Å². The highest BCUT2D eigenvalue weighted by molar-refractivity contribution is 7.70. The number of hydrogen-bond donors (Lipinski definition) is 0. The average Bonchev–Trinajstić information content (AvgIpc) is 2.40. The number of methoxy groups -OCH3 is 1. The van der Waals surface area contributed by atoms with Gasteiger partial charge < -0.3 is 9.30 Å². The van der Waals surface area contributed by atoms with E-state index < -0.39 is 7.14 Å². The Kier molecular flexibility index (Phi) is 4.09. The van der Waals surface area contributed by atoms with Crippen LogP contribution in [0.5, 0.6) is 5.75 Å². The van der Waals surface area contributed by atoms with Gasteiger partial charge in [-0.1, -0.05) is 12.1 Å². The standard InChI is InChI=1S/C14H17N2O3P/c1-19-12-6-4-11(5-7-12)10-16-14(17)13(8-9-15-16)20(2,3)18/h4-9H,10H2,1-3H3. The second-order valence-corrected chi connectivity index (χ2v) is 8.06. The Labute approximate surface area is 117 Å². The summed E-state index contributed by atoms with van der Waals surface area (Å²) in [6.07, 6.45) is 1.51. The van der Waals surface area contributed by atoms with Crippen molar-refractivity contribution in [1.29, 1.82) is 0 Å². The summed E-state index contributed by atoms with van der Waals surface area (Å²) in [4.78, 5) is 12.2. The first kappa shape index (κ1) is 14.5. The van der Waals surface area contributed by atoms with E-state index in [2.05, 4.69) is 5.10 Å². The Balaban J connectivity index is 2.34. The van der Waals surface area contributed by atoms with Crippen LogP contribution in [0.25, 0.3) is 0 Å². The number of benzene rings is 1. The summed E-state index contributed by atoms with van der Waals surface area (Å²) in [7, 11) is -0.992. The third-order valence-electron chi connectivity index (χ3n) is 2.96. The average molecular weight is 292 g/mol. The topological polar surface area (TPSA) is 61.2 Å². The van der Waals surface area contributed by atoms with Crippen molar-refractivity contribution < 1.29 is 9.30 Å². The molecule has 0 saturated carbocycles. The first-order valence-electron chi connectivity index (χ1n) is 6.16. The molecule has 0 radical (unpaired) electrons. The van der Waals surface area contributed by atoms with E-state index >= 15 is 0 Å². The van der Waals surface area contributed by atoms with Crippen molar-refractivity contribution in [3.63, 3.8) is 0 Å². The van der Waals surface area contributed by atoms with Crippen LogP contribution < -0.4 is 15.6 Å². The zero-order valence-electron chi connectivity index (χ0n) is 11.7. The minimum absolute atomic E-state index is 0.295. The maximum absolute atomic E-state index is 12.2. The van der Waals surface area contributed by atoms with Gasteiger partial charge in [-0.3, -0.25) is 4.79 Å². The molecular formula is C14H17N2O3P. The summed E-state index contributed by atoms with van der Waals surface area (Å²) in [6, 6.07) is 8.94. The molecule has 0 spiro atoms. The van der Waals surface area contributed by atoms with E-state index in [4.69, 9.17) is 4.74 Å². The van der Waals surface area contributed by atoms with Crippen molar-refractivity contribution >= 4 is 12.4 Å². The van der Waals surface area contributed by atoms with Gasteiger partial charge in [0.15, 0.2) is 0 Å². The lowest BCUT2D eigenvalue weighted by atomic mass is 10.2. The molecule has 106 valence electrons. The van der Waals surface area contributed by atoms with E-state index in [1.165, 1.54) is 16.9 Å². The van der Waals surface area contributed by atoms with Gasteiger partial charge in [0.05, 0.1) is 19.0 Å². The molecular weight excluding hydrogens is 275 g/mol. The van der Waals surface area contributed by atoms with Gasteiger partial charge in [0.25, 0.3) is 5.56 Å². The zero-order valence-corrected chi connectivity index (χ0v) is 12.6. The van der Waals surface area contributed by atoms with Crippen LogP contribution in [-0.4, -0.2) is 30.2 Å². The van der Waals surface area contributed by atoms with Gasteiger partial charge in [-0.25, -0.2) is 4.68 Å². The highest BCUT2D eigenvalue weighted by Crippen LogP contribution is 2.32. The summed E-state index contributed by atoms with van der Waals surface area (Å²) in [5, 5.41) is 4.38. The summed E-state index contributed by atoms with van der Waals surface area (Å²) < 4.78 is 18.5. The maximum Gasteiger partial charge on any atom is 0.277 e. The van der Waals surface area contributed by atoms with Gasteiger partial charge in [0.2, 0.25) is 0 Å². The van der Waals surface area contributed by atoms with E-state index in [9.17, 15) is 9.36 Å². The molecule has 2 rings (SSSR count). The van der Waals surface area contributed by atoms with Crippen LogP contribution in [0, 0.1) is 0 Å². The van der Waals surface area contributed by atoms with E-state index in [0.29, 0.717) is 11.8 Å². The van der Waals surface area contributed by atoms with Gasteiger partial charge >= 0.3 is 0 Å². The predicted molar refractivity (Wildman–Crippen MR) is 79.7 cm³/mol. The highest BCUT2D eigenvalue weighted by Gasteiger charge is 2.17. The fourth-order valence-corrected chi connectivity index (χ4v) is 2.87. The molecule has 0 amide bonds. The SMILES string of the molecule is COc1ccc(Cn2nccc(P(C)(C)=O)c2=O)cc1. The highest BCUT2D eigenvalue weighted by atomic mass is 31.2. The molecule has 0 aliphatic heterocycles. The maximum atomic E-state index is 12.2. The lowest BCUT2D eigenvalue weighted by molar-refractivity contribution is 0.414. The third kappa shape index (κ3) is 3.17. The second kappa shape index (κ2) is 5.63. The number of nitrogens with zero attached hydrogens (tertiary/aromatic N) is 2. The van der Waals surface area contributed by atoms with Crippen LogP contribution in [-0.2, 0) is 11.1 Å². The molecule has 1 aromatic carbocycles. The van der Waals surface area contributed by atoms with Crippen LogP contribution in [0.4, 0.5) is 0 Å². The molecule has 5 nitrogen and oxygen atoms in total. The van der Waals surface area contributed by atoms with Gasteiger partial charge in [0, 0.05) is 6.20 Å². The van der Waals surface area contributed by atoms with Crippen molar-refractivity contribution in [1.82, 2.24) is 9.78 Å². The number of hydrogen-bond acceptors (Lipinski definition) is 4. The Morgan fingerprint density at radius 3 is 2.40 bits per heavy atom. The number of aromatic nitrogens is 2. The Morgan fingerprint density at radius 2 is 1.85 bits per heavy atom.